The number of rotatable bonds is 2. The van der Waals surface area contributed by atoms with Crippen LogP contribution in [0.1, 0.15) is 9.67 Å². The number of imide groups is 1. The van der Waals surface area contributed by atoms with Crippen LogP contribution in [-0.2, 0) is 4.79 Å². The Bertz CT molecular complexity index is 230. The van der Waals surface area contributed by atoms with Crippen LogP contribution in [0.5, 0.6) is 0 Å². The predicted octanol–water partition coefficient (Wildman–Crippen LogP) is 0.634. The van der Waals surface area contributed by atoms with Crippen molar-refractivity contribution in [3.63, 3.8) is 0 Å². The van der Waals surface area contributed by atoms with Crippen LogP contribution in [0, 0.1) is 0 Å². The van der Waals surface area contributed by atoms with Gasteiger partial charge in [-0.2, -0.15) is 0 Å². The molecule has 1 rings (SSSR count). The first-order chi connectivity index (χ1) is 4.84. The van der Waals surface area contributed by atoms with E-state index >= 15 is 0 Å². The lowest BCUT2D eigenvalue weighted by Crippen LogP contribution is -2.19. The van der Waals surface area contributed by atoms with E-state index in [2.05, 4.69) is 0 Å². The standard InChI is InChI=1S/C6H5NO2S/c8-4-7-6(9)5-2-1-3-10-5/h1-4H,(H,7,8,9). The summed E-state index contributed by atoms with van der Waals surface area (Å²) < 4.78 is 0. The molecule has 0 saturated heterocycles. The van der Waals surface area contributed by atoms with Crippen molar-refractivity contribution in [2.24, 2.45) is 0 Å². The van der Waals surface area contributed by atoms with Crippen LogP contribution in [0.4, 0.5) is 0 Å². The van der Waals surface area contributed by atoms with Gasteiger partial charge in [0.05, 0.1) is 4.88 Å². The third-order valence-electron chi connectivity index (χ3n) is 0.935. The molecular weight excluding hydrogens is 150 g/mol. The van der Waals surface area contributed by atoms with Crippen molar-refractivity contribution < 1.29 is 9.59 Å². The lowest BCUT2D eigenvalue weighted by atomic mass is 10.4. The number of nitrogens with one attached hydrogen (secondary N) is 1. The molecule has 0 aliphatic carbocycles. The van der Waals surface area contributed by atoms with Crippen molar-refractivity contribution in [1.29, 1.82) is 0 Å². The maximum Gasteiger partial charge on any atom is 0.267 e. The van der Waals surface area contributed by atoms with Gasteiger partial charge in [-0.3, -0.25) is 14.9 Å². The molecule has 0 spiro atoms. The lowest BCUT2D eigenvalue weighted by Gasteiger charge is -1.89. The molecule has 0 aliphatic heterocycles. The average molecular weight is 155 g/mol. The van der Waals surface area contributed by atoms with Crippen LogP contribution >= 0.6 is 11.3 Å². The van der Waals surface area contributed by atoms with Gasteiger partial charge in [-0.25, -0.2) is 0 Å². The normalized spacial score (nSPS) is 8.80. The van der Waals surface area contributed by atoms with Crippen LogP contribution in [-0.4, -0.2) is 12.3 Å². The molecule has 2 amide bonds. The van der Waals surface area contributed by atoms with Gasteiger partial charge in [0.2, 0.25) is 6.41 Å². The SMILES string of the molecule is O=CNC(=O)c1cccs1. The topological polar surface area (TPSA) is 46.2 Å². The molecule has 0 fully saturated rings. The molecule has 0 aromatic carbocycles. The summed E-state index contributed by atoms with van der Waals surface area (Å²) in [6.07, 6.45) is 0.377. The number of carbonyl (C=O) groups is 2. The Morgan fingerprint density at radius 1 is 1.70 bits per heavy atom. The van der Waals surface area contributed by atoms with Crippen LogP contribution in [0.2, 0.25) is 0 Å². The molecule has 4 heteroatoms. The zero-order chi connectivity index (χ0) is 7.40. The molecular formula is C6H5NO2S. The molecule has 0 radical (unpaired) electrons. The van der Waals surface area contributed by atoms with E-state index in [1.807, 2.05) is 5.32 Å². The maximum atomic E-state index is 10.8. The minimum absolute atomic E-state index is 0.343. The molecule has 1 heterocycles. The monoisotopic (exact) mass is 155 g/mol. The first kappa shape index (κ1) is 6.95. The summed E-state index contributed by atoms with van der Waals surface area (Å²) in [5.74, 6) is -0.343. The fraction of sp³-hybridized carbons (Fsp3) is 0. The van der Waals surface area contributed by atoms with Gasteiger partial charge < -0.3 is 0 Å². The Labute approximate surface area is 61.7 Å². The summed E-state index contributed by atoms with van der Waals surface area (Å²) in [5, 5.41) is 3.82. The summed E-state index contributed by atoms with van der Waals surface area (Å²) in [5.41, 5.74) is 0. The number of hydrogen-bond acceptors (Lipinski definition) is 3. The molecule has 52 valence electrons. The second kappa shape index (κ2) is 3.12. The zero-order valence-corrected chi connectivity index (χ0v) is 5.85. The predicted molar refractivity (Wildman–Crippen MR) is 37.8 cm³/mol. The fourth-order valence-electron chi connectivity index (χ4n) is 0.532. The summed E-state index contributed by atoms with van der Waals surface area (Å²) in [6.45, 7) is 0. The van der Waals surface area contributed by atoms with E-state index < -0.39 is 0 Å². The average Bonchev–Trinajstić information content (AvgIpc) is 2.38. The van der Waals surface area contributed by atoms with Crippen molar-refractivity contribution in [3.05, 3.63) is 22.4 Å². The Kier molecular flexibility index (Phi) is 2.17. The van der Waals surface area contributed by atoms with E-state index in [1.165, 1.54) is 11.3 Å². The van der Waals surface area contributed by atoms with Gasteiger partial charge in [0.15, 0.2) is 0 Å². The van der Waals surface area contributed by atoms with Crippen LogP contribution in [0.25, 0.3) is 0 Å². The molecule has 0 unspecified atom stereocenters. The largest absolute Gasteiger partial charge is 0.294 e. The molecule has 0 bridgehead atoms. The summed E-state index contributed by atoms with van der Waals surface area (Å²) >= 11 is 1.30. The number of amides is 2. The zero-order valence-electron chi connectivity index (χ0n) is 5.03. The Balaban J connectivity index is 2.68. The Morgan fingerprint density at radius 3 is 3.00 bits per heavy atom. The van der Waals surface area contributed by atoms with Gasteiger partial charge in [0, 0.05) is 0 Å². The molecule has 10 heavy (non-hydrogen) atoms. The van der Waals surface area contributed by atoms with Crippen LogP contribution < -0.4 is 5.32 Å². The van der Waals surface area contributed by atoms with Gasteiger partial charge >= 0.3 is 0 Å². The van der Waals surface area contributed by atoms with Gasteiger partial charge in [-0.05, 0) is 11.4 Å². The second-order valence-corrected chi connectivity index (χ2v) is 2.52. The smallest absolute Gasteiger partial charge is 0.267 e. The van der Waals surface area contributed by atoms with E-state index in [0.29, 0.717) is 11.3 Å². The fourth-order valence-corrected chi connectivity index (χ4v) is 1.16. The Morgan fingerprint density at radius 2 is 2.50 bits per heavy atom. The van der Waals surface area contributed by atoms with Crippen molar-refractivity contribution in [1.82, 2.24) is 5.32 Å². The van der Waals surface area contributed by atoms with Gasteiger partial charge in [-0.1, -0.05) is 6.07 Å². The highest BCUT2D eigenvalue weighted by molar-refractivity contribution is 7.12. The number of thiophene rings is 1. The van der Waals surface area contributed by atoms with Crippen molar-refractivity contribution in [3.8, 4) is 0 Å². The maximum absolute atomic E-state index is 10.8. The van der Waals surface area contributed by atoms with Crippen LogP contribution in [0.3, 0.4) is 0 Å². The number of carbonyl (C=O) groups excluding carboxylic acids is 2. The summed E-state index contributed by atoms with van der Waals surface area (Å²) in [7, 11) is 0. The van der Waals surface area contributed by atoms with E-state index in [4.69, 9.17) is 0 Å². The first-order valence-electron chi connectivity index (χ1n) is 2.62. The highest BCUT2D eigenvalue weighted by atomic mass is 32.1. The highest BCUT2D eigenvalue weighted by Gasteiger charge is 2.02. The van der Waals surface area contributed by atoms with Crippen molar-refractivity contribution in [2.75, 3.05) is 0 Å². The van der Waals surface area contributed by atoms with Crippen molar-refractivity contribution in [2.45, 2.75) is 0 Å². The van der Waals surface area contributed by atoms with E-state index in [1.54, 1.807) is 17.5 Å². The molecule has 0 aliphatic rings. The minimum atomic E-state index is -0.343. The minimum Gasteiger partial charge on any atom is -0.294 e. The first-order valence-corrected chi connectivity index (χ1v) is 3.50. The second-order valence-electron chi connectivity index (χ2n) is 1.57. The summed E-state index contributed by atoms with van der Waals surface area (Å²) in [4.78, 5) is 21.1. The molecule has 0 atom stereocenters. The Hall–Kier alpha value is -1.16. The van der Waals surface area contributed by atoms with Crippen molar-refractivity contribution >= 4 is 23.7 Å². The molecule has 3 nitrogen and oxygen atoms in total. The molecule has 1 aromatic heterocycles. The quantitative estimate of drug-likeness (QED) is 0.637. The van der Waals surface area contributed by atoms with E-state index in [0.717, 1.165) is 0 Å². The molecule has 0 saturated carbocycles. The van der Waals surface area contributed by atoms with E-state index in [-0.39, 0.29) is 5.91 Å². The van der Waals surface area contributed by atoms with Crippen LogP contribution in [0.15, 0.2) is 17.5 Å². The third kappa shape index (κ3) is 1.41. The molecule has 1 aromatic rings. The van der Waals surface area contributed by atoms with Gasteiger partial charge in [0.25, 0.3) is 5.91 Å². The lowest BCUT2D eigenvalue weighted by molar-refractivity contribution is -0.108. The van der Waals surface area contributed by atoms with Gasteiger partial charge in [-0.15, -0.1) is 11.3 Å². The van der Waals surface area contributed by atoms with E-state index in [9.17, 15) is 9.59 Å². The van der Waals surface area contributed by atoms with Gasteiger partial charge in [0.1, 0.15) is 0 Å². The number of hydrogen-bond donors (Lipinski definition) is 1. The molecule has 1 N–H and O–H groups in total. The third-order valence-corrected chi connectivity index (χ3v) is 1.80. The summed E-state index contributed by atoms with van der Waals surface area (Å²) in [6, 6.07) is 3.41. The highest BCUT2D eigenvalue weighted by Crippen LogP contribution is 2.06.